The molecular weight excluding hydrogens is 284 g/mol. The fraction of sp³-hybridized carbons (Fsp3) is 0.231. The normalized spacial score (nSPS) is 14.2. The molecule has 1 amide bonds. The maximum Gasteiger partial charge on any atom is 0.220 e. The summed E-state index contributed by atoms with van der Waals surface area (Å²) in [6.07, 6.45) is -1.89. The Kier molecular flexibility index (Phi) is 4.08. The number of rotatable bonds is 4. The van der Waals surface area contributed by atoms with Gasteiger partial charge < -0.3 is 21.1 Å². The molecule has 7 heteroatoms. The van der Waals surface area contributed by atoms with Crippen LogP contribution in [0.2, 0.25) is 5.02 Å². The quantitative estimate of drug-likeness (QED) is 0.668. The number of phenolic OH excluding ortho intramolecular Hbond substituents is 1. The number of carbonyl (C=O) groups is 1. The number of carbonyl (C=O) groups excluding carboxylic acids is 1. The number of nitrogens with zero attached hydrogens (tertiary/aromatic N) is 1. The van der Waals surface area contributed by atoms with Gasteiger partial charge in [0.15, 0.2) is 0 Å². The molecule has 2 rings (SSSR count). The number of halogens is 1. The molecule has 0 radical (unpaired) electrons. The highest BCUT2D eigenvalue weighted by atomic mass is 35.5. The first-order valence-electron chi connectivity index (χ1n) is 5.82. The molecule has 2 atom stereocenters. The highest BCUT2D eigenvalue weighted by Gasteiger charge is 2.25. The summed E-state index contributed by atoms with van der Waals surface area (Å²) in [6, 6.07) is 4.65. The summed E-state index contributed by atoms with van der Waals surface area (Å²) in [5.74, 6) is -1.05. The van der Waals surface area contributed by atoms with E-state index in [0.29, 0.717) is 5.39 Å². The molecule has 1 aromatic heterocycles. The van der Waals surface area contributed by atoms with Crippen molar-refractivity contribution in [2.24, 2.45) is 5.73 Å². The van der Waals surface area contributed by atoms with E-state index in [1.54, 1.807) is 12.1 Å². The molecule has 1 heterocycles. The molecule has 0 aliphatic rings. The summed E-state index contributed by atoms with van der Waals surface area (Å²) < 4.78 is 0. The van der Waals surface area contributed by atoms with Crippen LogP contribution < -0.4 is 5.73 Å². The zero-order chi connectivity index (χ0) is 14.9. The van der Waals surface area contributed by atoms with Gasteiger partial charge in [0.2, 0.25) is 5.91 Å². The maximum atomic E-state index is 10.8. The highest BCUT2D eigenvalue weighted by Crippen LogP contribution is 2.37. The Morgan fingerprint density at radius 2 is 2.15 bits per heavy atom. The molecule has 0 saturated carbocycles. The smallest absolute Gasteiger partial charge is 0.220 e. The van der Waals surface area contributed by atoms with Gasteiger partial charge in [-0.3, -0.25) is 9.78 Å². The van der Waals surface area contributed by atoms with Crippen LogP contribution in [0.5, 0.6) is 5.75 Å². The minimum Gasteiger partial charge on any atom is -0.505 e. The SMILES string of the molecule is NC(=O)CC(O)C(O)c1cc(Cl)c2cccnc2c1O. The van der Waals surface area contributed by atoms with Gasteiger partial charge in [0.05, 0.1) is 17.5 Å². The molecule has 0 fully saturated rings. The van der Waals surface area contributed by atoms with Gasteiger partial charge >= 0.3 is 0 Å². The molecule has 2 aromatic rings. The van der Waals surface area contributed by atoms with Gasteiger partial charge in [-0.15, -0.1) is 0 Å². The molecule has 106 valence electrons. The van der Waals surface area contributed by atoms with Gasteiger partial charge in [-0.1, -0.05) is 11.6 Å². The van der Waals surface area contributed by atoms with Gasteiger partial charge in [-0.25, -0.2) is 0 Å². The molecule has 0 bridgehead atoms. The number of hydrogen-bond donors (Lipinski definition) is 4. The van der Waals surface area contributed by atoms with Crippen molar-refractivity contribution in [2.45, 2.75) is 18.6 Å². The summed E-state index contributed by atoms with van der Waals surface area (Å²) in [5, 5.41) is 30.6. The van der Waals surface area contributed by atoms with Crippen molar-refractivity contribution in [1.29, 1.82) is 0 Å². The average Bonchev–Trinajstić information content (AvgIpc) is 2.41. The van der Waals surface area contributed by atoms with E-state index in [1.165, 1.54) is 12.3 Å². The van der Waals surface area contributed by atoms with Crippen LogP contribution in [0.3, 0.4) is 0 Å². The molecule has 0 saturated heterocycles. The zero-order valence-corrected chi connectivity index (χ0v) is 11.1. The lowest BCUT2D eigenvalue weighted by Crippen LogP contribution is -2.25. The molecule has 0 aliphatic heterocycles. The summed E-state index contributed by atoms with van der Waals surface area (Å²) in [5.41, 5.74) is 5.16. The van der Waals surface area contributed by atoms with Crippen LogP contribution in [0.4, 0.5) is 0 Å². The number of primary amides is 1. The van der Waals surface area contributed by atoms with Crippen LogP contribution in [0.15, 0.2) is 24.4 Å². The van der Waals surface area contributed by atoms with Crippen molar-refractivity contribution in [1.82, 2.24) is 4.98 Å². The second-order valence-corrected chi connectivity index (χ2v) is 4.79. The number of fused-ring (bicyclic) bond motifs is 1. The standard InChI is InChI=1S/C13H13ClN2O4/c14-8-4-7(12(19)9(17)5-10(15)18)13(20)11-6(8)2-1-3-16-11/h1-4,9,12,17,19-20H,5H2,(H2,15,18). The number of aliphatic hydroxyl groups excluding tert-OH is 2. The monoisotopic (exact) mass is 296 g/mol. The summed E-state index contributed by atoms with van der Waals surface area (Å²) in [4.78, 5) is 14.7. The summed E-state index contributed by atoms with van der Waals surface area (Å²) in [7, 11) is 0. The Labute approximate surface area is 119 Å². The van der Waals surface area contributed by atoms with Gasteiger partial charge in [0.1, 0.15) is 17.4 Å². The van der Waals surface area contributed by atoms with E-state index in [2.05, 4.69) is 4.98 Å². The molecule has 20 heavy (non-hydrogen) atoms. The Morgan fingerprint density at radius 1 is 1.45 bits per heavy atom. The van der Waals surface area contributed by atoms with Gasteiger partial charge in [0.25, 0.3) is 0 Å². The first kappa shape index (κ1) is 14.5. The highest BCUT2D eigenvalue weighted by molar-refractivity contribution is 6.35. The Morgan fingerprint density at radius 3 is 2.80 bits per heavy atom. The van der Waals surface area contributed by atoms with E-state index in [1.807, 2.05) is 0 Å². The van der Waals surface area contributed by atoms with Crippen molar-refractivity contribution in [3.63, 3.8) is 0 Å². The number of nitrogens with two attached hydrogens (primary N) is 1. The van der Waals surface area contributed by atoms with Gasteiger partial charge in [-0.2, -0.15) is 0 Å². The second-order valence-electron chi connectivity index (χ2n) is 4.38. The lowest BCUT2D eigenvalue weighted by Gasteiger charge is -2.19. The minimum atomic E-state index is -1.49. The van der Waals surface area contributed by atoms with Gasteiger partial charge in [-0.05, 0) is 18.2 Å². The number of aromatic hydroxyl groups is 1. The summed E-state index contributed by atoms with van der Waals surface area (Å²) in [6.45, 7) is 0. The first-order chi connectivity index (χ1) is 9.41. The van der Waals surface area contributed by atoms with Crippen LogP contribution in [-0.4, -0.2) is 32.3 Å². The Bertz CT molecular complexity index is 662. The molecule has 1 aromatic carbocycles. The molecule has 6 nitrogen and oxygen atoms in total. The number of aliphatic hydroxyl groups is 2. The fourth-order valence-corrected chi connectivity index (χ4v) is 2.23. The van der Waals surface area contributed by atoms with Crippen LogP contribution in [0.25, 0.3) is 10.9 Å². The number of benzene rings is 1. The number of hydrogen-bond acceptors (Lipinski definition) is 5. The topological polar surface area (TPSA) is 117 Å². The Hall–Kier alpha value is -1.89. The lowest BCUT2D eigenvalue weighted by molar-refractivity contribution is -0.121. The maximum absolute atomic E-state index is 10.8. The van der Waals surface area contributed by atoms with E-state index in [-0.39, 0.29) is 21.9 Å². The number of pyridine rings is 1. The lowest BCUT2D eigenvalue weighted by atomic mass is 9.99. The van der Waals surface area contributed by atoms with Crippen molar-refractivity contribution in [2.75, 3.05) is 0 Å². The zero-order valence-electron chi connectivity index (χ0n) is 10.3. The third-order valence-electron chi connectivity index (χ3n) is 2.94. The Balaban J connectivity index is 2.49. The van der Waals surface area contributed by atoms with Gasteiger partial charge in [0, 0.05) is 17.1 Å². The van der Waals surface area contributed by atoms with E-state index in [0.717, 1.165) is 0 Å². The van der Waals surface area contributed by atoms with Crippen molar-refractivity contribution in [3.8, 4) is 5.75 Å². The molecule has 2 unspecified atom stereocenters. The second kappa shape index (κ2) is 5.62. The third kappa shape index (κ3) is 2.67. The van der Waals surface area contributed by atoms with Crippen molar-refractivity contribution < 1.29 is 20.1 Å². The number of amides is 1. The van der Waals surface area contributed by atoms with Crippen molar-refractivity contribution in [3.05, 3.63) is 35.0 Å². The van der Waals surface area contributed by atoms with Crippen LogP contribution in [0.1, 0.15) is 18.1 Å². The number of aromatic nitrogens is 1. The van der Waals surface area contributed by atoms with E-state index in [4.69, 9.17) is 17.3 Å². The van der Waals surface area contributed by atoms with Crippen molar-refractivity contribution >= 4 is 28.4 Å². The fourth-order valence-electron chi connectivity index (χ4n) is 1.96. The van der Waals surface area contributed by atoms with Crippen LogP contribution >= 0.6 is 11.6 Å². The third-order valence-corrected chi connectivity index (χ3v) is 3.25. The largest absolute Gasteiger partial charge is 0.505 e. The van der Waals surface area contributed by atoms with Crippen LogP contribution in [0, 0.1) is 0 Å². The molecule has 0 aliphatic carbocycles. The molecule has 5 N–H and O–H groups in total. The molecule has 0 spiro atoms. The first-order valence-corrected chi connectivity index (χ1v) is 6.20. The van der Waals surface area contributed by atoms with E-state index >= 15 is 0 Å². The predicted molar refractivity (Wildman–Crippen MR) is 73.2 cm³/mol. The van der Waals surface area contributed by atoms with Crippen LogP contribution in [-0.2, 0) is 4.79 Å². The van der Waals surface area contributed by atoms with E-state index < -0.39 is 24.5 Å². The van der Waals surface area contributed by atoms with E-state index in [9.17, 15) is 20.1 Å². The predicted octanol–water partition coefficient (Wildman–Crippen LogP) is 0.863. The minimum absolute atomic E-state index is 0.00468. The average molecular weight is 297 g/mol. The number of phenols is 1. The summed E-state index contributed by atoms with van der Waals surface area (Å²) >= 11 is 6.05. The molecular formula is C13H13ClN2O4.